The van der Waals surface area contributed by atoms with Crippen molar-refractivity contribution in [1.29, 1.82) is 0 Å². The van der Waals surface area contributed by atoms with Crippen LogP contribution < -0.4 is 0 Å². The van der Waals surface area contributed by atoms with Gasteiger partial charge < -0.3 is 0 Å². The van der Waals surface area contributed by atoms with E-state index in [0.29, 0.717) is 0 Å². The van der Waals surface area contributed by atoms with Gasteiger partial charge in [0, 0.05) is 6.42 Å². The topological polar surface area (TPSA) is 0 Å². The highest BCUT2D eigenvalue weighted by molar-refractivity contribution is 4.70. The quantitative estimate of drug-likeness (QED) is 0.585. The predicted octanol–water partition coefficient (Wildman–Crippen LogP) is 2.93. The zero-order valence-corrected chi connectivity index (χ0v) is 5.39. The van der Waals surface area contributed by atoms with E-state index in [1.165, 1.54) is 0 Å². The Morgan fingerprint density at radius 1 is 0.909 bits per heavy atom. The van der Waals surface area contributed by atoms with E-state index in [2.05, 4.69) is 0 Å². The Hall–Kier alpha value is -0.420. The molecule has 0 radical (unpaired) electrons. The van der Waals surface area contributed by atoms with Crippen LogP contribution in [0.2, 0.25) is 0 Å². The van der Waals surface area contributed by atoms with E-state index in [9.17, 15) is 26.3 Å². The molecule has 68 valence electrons. The Bertz CT molecular complexity index is 115. The summed E-state index contributed by atoms with van der Waals surface area (Å²) >= 11 is 0. The Kier molecular flexibility index (Phi) is 3.19. The fraction of sp³-hybridized carbons (Fsp3) is 1.00. The van der Waals surface area contributed by atoms with Gasteiger partial charge >= 0.3 is 6.18 Å². The third-order valence-corrected chi connectivity index (χ3v) is 0.919. The van der Waals surface area contributed by atoms with Crippen molar-refractivity contribution in [2.24, 2.45) is 0 Å². The van der Waals surface area contributed by atoms with Gasteiger partial charge in [0.15, 0.2) is 0 Å². The molecule has 0 saturated heterocycles. The van der Waals surface area contributed by atoms with Crippen LogP contribution >= 0.6 is 0 Å². The third kappa shape index (κ3) is 6.00. The van der Waals surface area contributed by atoms with Gasteiger partial charge in [-0.25, -0.2) is 8.78 Å². The number of hydrogen-bond donors (Lipinski definition) is 0. The summed E-state index contributed by atoms with van der Waals surface area (Å²) in [6.07, 6.45) is -8.55. The van der Waals surface area contributed by atoms with Crippen molar-refractivity contribution >= 4 is 0 Å². The van der Waals surface area contributed by atoms with E-state index in [-0.39, 0.29) is 0 Å². The molecule has 0 rings (SSSR count). The molecule has 0 aromatic rings. The Labute approximate surface area is 59.2 Å². The molecule has 0 saturated carbocycles. The van der Waals surface area contributed by atoms with Gasteiger partial charge in [-0.05, 0) is 0 Å². The lowest BCUT2D eigenvalue weighted by Gasteiger charge is -2.15. The lowest BCUT2D eigenvalue weighted by atomic mass is 10.2. The zero-order chi connectivity index (χ0) is 9.12. The Balaban J connectivity index is 3.91. The summed E-state index contributed by atoms with van der Waals surface area (Å²) in [6, 6.07) is 0. The summed E-state index contributed by atoms with van der Waals surface area (Å²) in [5.74, 6) is -3.97. The first kappa shape index (κ1) is 10.6. The lowest BCUT2D eigenvalue weighted by molar-refractivity contribution is -0.189. The Morgan fingerprint density at radius 3 is 1.64 bits per heavy atom. The van der Waals surface area contributed by atoms with Crippen LogP contribution in [0.25, 0.3) is 0 Å². The van der Waals surface area contributed by atoms with Crippen molar-refractivity contribution in [3.05, 3.63) is 0 Å². The van der Waals surface area contributed by atoms with Crippen LogP contribution in [0.15, 0.2) is 0 Å². The van der Waals surface area contributed by atoms with Gasteiger partial charge in [-0.3, -0.25) is 4.39 Å². The number of halogens is 6. The molecule has 11 heavy (non-hydrogen) atoms. The zero-order valence-electron chi connectivity index (χ0n) is 5.39. The van der Waals surface area contributed by atoms with Crippen LogP contribution in [0.1, 0.15) is 12.8 Å². The van der Waals surface area contributed by atoms with E-state index in [1.54, 1.807) is 0 Å². The van der Waals surface area contributed by atoms with E-state index >= 15 is 0 Å². The van der Waals surface area contributed by atoms with E-state index in [1.807, 2.05) is 0 Å². The molecule has 0 amide bonds. The van der Waals surface area contributed by atoms with Crippen LogP contribution in [0.4, 0.5) is 26.3 Å². The Morgan fingerprint density at radius 2 is 1.36 bits per heavy atom. The fourth-order valence-corrected chi connectivity index (χ4v) is 0.520. The first-order valence-electron chi connectivity index (χ1n) is 2.77. The van der Waals surface area contributed by atoms with Crippen molar-refractivity contribution < 1.29 is 26.3 Å². The highest BCUT2D eigenvalue weighted by Gasteiger charge is 2.42. The van der Waals surface area contributed by atoms with Crippen molar-refractivity contribution in [2.45, 2.75) is 24.9 Å². The number of rotatable bonds is 3. The van der Waals surface area contributed by atoms with Crippen LogP contribution in [-0.2, 0) is 0 Å². The molecule has 0 aromatic carbocycles. The first-order chi connectivity index (χ1) is 4.77. The second-order valence-corrected chi connectivity index (χ2v) is 2.09. The molecule has 0 N–H and O–H groups in total. The highest BCUT2D eigenvalue weighted by Crippen LogP contribution is 2.33. The minimum atomic E-state index is -4.93. The first-order valence-corrected chi connectivity index (χ1v) is 2.77. The van der Waals surface area contributed by atoms with E-state index < -0.39 is 31.6 Å². The summed E-state index contributed by atoms with van der Waals surface area (Å²) in [4.78, 5) is 0. The van der Waals surface area contributed by atoms with Crippen molar-refractivity contribution in [3.63, 3.8) is 0 Å². The molecule has 0 aliphatic heterocycles. The summed E-state index contributed by atoms with van der Waals surface area (Å²) in [6.45, 7) is -1.44. The molecule has 0 aromatic heterocycles. The average molecular weight is 180 g/mol. The molecule has 0 atom stereocenters. The largest absolute Gasteiger partial charge is 0.394 e. The molecule has 0 fully saturated rings. The van der Waals surface area contributed by atoms with Crippen molar-refractivity contribution in [2.75, 3.05) is 6.67 Å². The summed E-state index contributed by atoms with van der Waals surface area (Å²) in [5, 5.41) is 0. The monoisotopic (exact) mass is 180 g/mol. The summed E-state index contributed by atoms with van der Waals surface area (Å²) in [5.41, 5.74) is 0. The molecule has 0 heterocycles. The van der Waals surface area contributed by atoms with Crippen LogP contribution in [0.5, 0.6) is 0 Å². The molecule has 0 spiro atoms. The fourth-order valence-electron chi connectivity index (χ4n) is 0.520. The van der Waals surface area contributed by atoms with Crippen LogP contribution in [-0.4, -0.2) is 18.8 Å². The highest BCUT2D eigenvalue weighted by atomic mass is 19.4. The smallest absolute Gasteiger partial charge is 0.251 e. The van der Waals surface area contributed by atoms with Crippen molar-refractivity contribution in [3.8, 4) is 0 Å². The number of alkyl halides is 6. The third-order valence-electron chi connectivity index (χ3n) is 0.919. The SMILES string of the molecule is FCCC(F)(F)CC(F)(F)F. The lowest BCUT2D eigenvalue weighted by Crippen LogP contribution is -2.26. The summed E-state index contributed by atoms with van der Waals surface area (Å²) < 4.78 is 69.0. The maximum Gasteiger partial charge on any atom is 0.394 e. The van der Waals surface area contributed by atoms with Crippen LogP contribution in [0.3, 0.4) is 0 Å². The molecule has 0 nitrogen and oxygen atoms in total. The standard InChI is InChI=1S/C5H6F6/c6-2-1-4(7,8)3-5(9,10)11/h1-3H2. The van der Waals surface area contributed by atoms with Gasteiger partial charge in [0.05, 0.1) is 6.67 Å². The van der Waals surface area contributed by atoms with Gasteiger partial charge in [0.2, 0.25) is 0 Å². The molecule has 6 heteroatoms. The molecule has 0 aliphatic rings. The molecule has 0 unspecified atom stereocenters. The van der Waals surface area contributed by atoms with Gasteiger partial charge in [-0.15, -0.1) is 0 Å². The van der Waals surface area contributed by atoms with E-state index in [0.717, 1.165) is 0 Å². The molecule has 0 aliphatic carbocycles. The van der Waals surface area contributed by atoms with Gasteiger partial charge in [0.1, 0.15) is 6.42 Å². The second kappa shape index (κ2) is 3.32. The normalized spacial score (nSPS) is 13.6. The maximum atomic E-state index is 12.0. The molecule has 0 bridgehead atoms. The van der Waals surface area contributed by atoms with Crippen molar-refractivity contribution in [1.82, 2.24) is 0 Å². The maximum absolute atomic E-state index is 12.0. The minimum absolute atomic E-state index is 1.37. The molecular weight excluding hydrogens is 174 g/mol. The predicted molar refractivity (Wildman–Crippen MR) is 26.2 cm³/mol. The minimum Gasteiger partial charge on any atom is -0.251 e. The van der Waals surface area contributed by atoms with Gasteiger partial charge in [-0.2, -0.15) is 13.2 Å². The number of hydrogen-bond acceptors (Lipinski definition) is 0. The second-order valence-electron chi connectivity index (χ2n) is 2.09. The molecular formula is C5H6F6. The van der Waals surface area contributed by atoms with Crippen LogP contribution in [0, 0.1) is 0 Å². The van der Waals surface area contributed by atoms with Gasteiger partial charge in [0.25, 0.3) is 5.92 Å². The summed E-state index contributed by atoms with van der Waals surface area (Å²) in [7, 11) is 0. The van der Waals surface area contributed by atoms with E-state index in [4.69, 9.17) is 0 Å². The van der Waals surface area contributed by atoms with Gasteiger partial charge in [-0.1, -0.05) is 0 Å². The average Bonchev–Trinajstić information content (AvgIpc) is 1.55.